The van der Waals surface area contributed by atoms with Crippen LogP contribution in [0.15, 0.2) is 18.2 Å². The van der Waals surface area contributed by atoms with Gasteiger partial charge in [-0.2, -0.15) is 0 Å². The first-order valence-corrected chi connectivity index (χ1v) is 14.8. The van der Waals surface area contributed by atoms with Gasteiger partial charge in [0, 0.05) is 61.3 Å². The lowest BCUT2D eigenvalue weighted by Crippen LogP contribution is -2.55. The van der Waals surface area contributed by atoms with Crippen LogP contribution in [0.25, 0.3) is 0 Å². The Hall–Kier alpha value is -3.47. The number of anilines is 1. The van der Waals surface area contributed by atoms with Gasteiger partial charge in [0.15, 0.2) is 36.2 Å². The van der Waals surface area contributed by atoms with Gasteiger partial charge in [0.1, 0.15) is 29.8 Å². The molecule has 45 heavy (non-hydrogen) atoms. The maximum Gasteiger partial charge on any atom is 0.200 e. The fourth-order valence-corrected chi connectivity index (χ4v) is 7.58. The van der Waals surface area contributed by atoms with Crippen LogP contribution in [0.4, 0.5) is 5.69 Å². The van der Waals surface area contributed by atoms with Gasteiger partial charge in [0.2, 0.25) is 0 Å². The molecule has 0 spiro atoms. The van der Waals surface area contributed by atoms with Gasteiger partial charge in [-0.15, -0.1) is 0 Å². The zero-order chi connectivity index (χ0) is 31.9. The molecule has 2 aliphatic carbocycles. The first kappa shape index (κ1) is 30.2. The van der Waals surface area contributed by atoms with Crippen LogP contribution < -0.4 is 5.73 Å². The van der Waals surface area contributed by atoms with Gasteiger partial charge >= 0.3 is 0 Å². The average Bonchev–Trinajstić information content (AvgIpc) is 3.40. The highest BCUT2D eigenvalue weighted by Crippen LogP contribution is 2.52. The van der Waals surface area contributed by atoms with Crippen molar-refractivity contribution in [1.29, 1.82) is 0 Å². The molecule has 3 aliphatic heterocycles. The second kappa shape index (κ2) is 10.8. The number of Topliss-reactive ketones (excluding diaryl/α,β-unsaturated/α-hetero) is 1. The molecule has 5 aliphatic rings. The molecular weight excluding hydrogens is 592 g/mol. The lowest BCUT2D eigenvalue weighted by Gasteiger charge is -2.43. The van der Waals surface area contributed by atoms with Crippen LogP contribution >= 0.6 is 0 Å². The van der Waals surface area contributed by atoms with Crippen LogP contribution in [-0.4, -0.2) is 112 Å². The van der Waals surface area contributed by atoms with Crippen LogP contribution in [0.3, 0.4) is 0 Å². The maximum absolute atomic E-state index is 13.7. The predicted octanol–water partition coefficient (Wildman–Crippen LogP) is 0.285. The first-order valence-electron chi connectivity index (χ1n) is 14.8. The number of carbonyl (C=O) groups is 3. The Morgan fingerprint density at radius 3 is 2.62 bits per heavy atom. The van der Waals surface area contributed by atoms with Crippen molar-refractivity contribution in [2.45, 2.75) is 74.9 Å². The van der Waals surface area contributed by atoms with Crippen LogP contribution in [0.5, 0.6) is 11.5 Å². The molecular formula is C31H34N2O12. The monoisotopic (exact) mass is 626 g/mol. The van der Waals surface area contributed by atoms with Crippen molar-refractivity contribution in [1.82, 2.24) is 4.90 Å². The molecule has 2 aromatic carbocycles. The van der Waals surface area contributed by atoms with Crippen LogP contribution in [-0.2, 0) is 34.9 Å². The predicted molar refractivity (Wildman–Crippen MR) is 152 cm³/mol. The number of hydrogen-bond acceptors (Lipinski definition) is 14. The molecule has 3 heterocycles. The smallest absolute Gasteiger partial charge is 0.200 e. The van der Waals surface area contributed by atoms with Crippen molar-refractivity contribution in [3.05, 3.63) is 51.6 Å². The summed E-state index contributed by atoms with van der Waals surface area (Å²) in [5, 5.41) is 44.3. The molecule has 2 aromatic rings. The number of hydrogen-bond donors (Lipinski definition) is 5. The Kier molecular flexibility index (Phi) is 7.26. The summed E-state index contributed by atoms with van der Waals surface area (Å²) in [4.78, 5) is 42.3. The standard InChI is InChI=1S/C31H34N2O12/c1-12-28-16(33-6-7-42-30(41-2)29(33)45-28)8-19(43-12)44-17-10-31(40,18(35)11-34)9-14-21(17)27(39)23-22(25(14)37)24(36)13-4-3-5-15(32)20(13)26(23)38/h3-5,12,16-17,19,28-30,34,37,39-40H,6-11,32H2,1-2H3. The second-order valence-electron chi connectivity index (χ2n) is 12.2. The zero-order valence-electron chi connectivity index (χ0n) is 24.6. The number of rotatable bonds is 5. The third kappa shape index (κ3) is 4.43. The van der Waals surface area contributed by atoms with E-state index in [1.807, 2.05) is 6.92 Å². The molecule has 0 radical (unpaired) electrons. The molecule has 240 valence electrons. The van der Waals surface area contributed by atoms with Crippen molar-refractivity contribution in [2.75, 3.05) is 32.6 Å². The summed E-state index contributed by atoms with van der Waals surface area (Å²) in [5.41, 5.74) is 2.57. The summed E-state index contributed by atoms with van der Waals surface area (Å²) >= 11 is 0. The van der Waals surface area contributed by atoms with E-state index < -0.39 is 96.0 Å². The second-order valence-corrected chi connectivity index (χ2v) is 12.2. The number of nitrogens with two attached hydrogens (primary N) is 1. The summed E-state index contributed by atoms with van der Waals surface area (Å²) in [5.74, 6) is -3.77. The van der Waals surface area contributed by atoms with Gasteiger partial charge < -0.3 is 49.8 Å². The van der Waals surface area contributed by atoms with E-state index in [-0.39, 0.29) is 40.1 Å². The molecule has 3 saturated heterocycles. The molecule has 0 amide bonds. The number of methoxy groups -OCH3 is 1. The minimum Gasteiger partial charge on any atom is -0.507 e. The fraction of sp³-hybridized carbons (Fsp3) is 0.516. The quantitative estimate of drug-likeness (QED) is 0.191. The third-order valence-corrected chi connectivity index (χ3v) is 9.69. The van der Waals surface area contributed by atoms with Gasteiger partial charge in [-0.05, 0) is 13.0 Å². The lowest BCUT2D eigenvalue weighted by atomic mass is 9.72. The summed E-state index contributed by atoms with van der Waals surface area (Å²) in [6.45, 7) is 1.81. The van der Waals surface area contributed by atoms with E-state index in [9.17, 15) is 34.8 Å². The Morgan fingerprint density at radius 1 is 1.13 bits per heavy atom. The zero-order valence-corrected chi connectivity index (χ0v) is 24.6. The molecule has 14 heteroatoms. The number of carbonyl (C=O) groups excluding carboxylic acids is 3. The topological polar surface area (TPSA) is 208 Å². The highest BCUT2D eigenvalue weighted by atomic mass is 16.7. The fourth-order valence-electron chi connectivity index (χ4n) is 7.58. The molecule has 0 bridgehead atoms. The van der Waals surface area contributed by atoms with Gasteiger partial charge in [-0.1, -0.05) is 12.1 Å². The van der Waals surface area contributed by atoms with Gasteiger partial charge in [-0.3, -0.25) is 19.3 Å². The highest BCUT2D eigenvalue weighted by Gasteiger charge is 2.55. The molecule has 0 aromatic heterocycles. The number of aromatic hydroxyl groups is 2. The van der Waals surface area contributed by atoms with Crippen molar-refractivity contribution >= 4 is 23.0 Å². The largest absolute Gasteiger partial charge is 0.507 e. The first-order chi connectivity index (χ1) is 21.5. The number of nitrogen functional groups attached to an aromatic ring is 1. The number of phenolic OH excluding ortho intramolecular Hbond substituents is 2. The van der Waals surface area contributed by atoms with Gasteiger partial charge in [0.25, 0.3) is 0 Å². The molecule has 0 saturated carbocycles. The number of aliphatic hydroxyl groups excluding tert-OH is 1. The highest BCUT2D eigenvalue weighted by molar-refractivity contribution is 6.32. The van der Waals surface area contributed by atoms with E-state index in [0.717, 1.165) is 0 Å². The Balaban J connectivity index is 1.29. The molecule has 3 fully saturated rings. The minimum absolute atomic E-state index is 0.0267. The number of ether oxygens (including phenoxy) is 5. The van der Waals surface area contributed by atoms with E-state index in [4.69, 9.17) is 29.4 Å². The number of fused-ring (bicyclic) bond motifs is 6. The van der Waals surface area contributed by atoms with Crippen LogP contribution in [0, 0.1) is 0 Å². The number of morpholine rings is 1. The molecule has 7 rings (SSSR count). The number of nitrogens with zero attached hydrogens (tertiary/aromatic N) is 1. The van der Waals surface area contributed by atoms with Crippen LogP contribution in [0.1, 0.15) is 68.8 Å². The molecule has 14 nitrogen and oxygen atoms in total. The Labute approximate surface area is 257 Å². The van der Waals surface area contributed by atoms with Crippen molar-refractivity contribution < 1.29 is 58.5 Å². The van der Waals surface area contributed by atoms with Crippen molar-refractivity contribution in [2.24, 2.45) is 0 Å². The van der Waals surface area contributed by atoms with Crippen molar-refractivity contribution in [3.8, 4) is 11.5 Å². The van der Waals surface area contributed by atoms with Gasteiger partial charge in [-0.25, -0.2) is 0 Å². The van der Waals surface area contributed by atoms with Crippen LogP contribution in [0.2, 0.25) is 0 Å². The number of aliphatic hydroxyl groups is 2. The third-order valence-electron chi connectivity index (χ3n) is 9.69. The number of benzene rings is 2. The summed E-state index contributed by atoms with van der Waals surface area (Å²) in [7, 11) is 1.53. The van der Waals surface area contributed by atoms with Gasteiger partial charge in [0.05, 0.1) is 35.5 Å². The summed E-state index contributed by atoms with van der Waals surface area (Å²) in [6.07, 6.45) is -4.79. The van der Waals surface area contributed by atoms with E-state index >= 15 is 0 Å². The summed E-state index contributed by atoms with van der Waals surface area (Å²) < 4.78 is 30.0. The summed E-state index contributed by atoms with van der Waals surface area (Å²) in [6, 6.07) is 4.15. The number of ketones is 3. The SMILES string of the molecule is COC1OCCN2C3CC(OC4CC(O)(C(=O)CO)Cc5c(O)c6c(c(O)c54)C(=O)c4c(N)cccc4C6=O)OC(C)C3OC12. The Bertz CT molecular complexity index is 1610. The molecule has 8 atom stereocenters. The minimum atomic E-state index is -2.23. The number of phenols is 2. The average molecular weight is 627 g/mol. The van der Waals surface area contributed by atoms with Crippen molar-refractivity contribution in [3.63, 3.8) is 0 Å². The maximum atomic E-state index is 13.7. The Morgan fingerprint density at radius 2 is 1.89 bits per heavy atom. The lowest BCUT2D eigenvalue weighted by molar-refractivity contribution is -0.256. The van der Waals surface area contributed by atoms with E-state index in [0.29, 0.717) is 19.6 Å². The van der Waals surface area contributed by atoms with E-state index in [1.165, 1.54) is 25.3 Å². The normalized spacial score (nSPS) is 34.0. The molecule has 8 unspecified atom stereocenters. The molecule has 6 N–H and O–H groups in total. The van der Waals surface area contributed by atoms with E-state index in [2.05, 4.69) is 4.90 Å². The van der Waals surface area contributed by atoms with E-state index in [1.54, 1.807) is 0 Å².